The highest BCUT2D eigenvalue weighted by molar-refractivity contribution is 5.99. The molecule has 0 unspecified atom stereocenters. The lowest BCUT2D eigenvalue weighted by Crippen LogP contribution is -2.55. The van der Waals surface area contributed by atoms with Crippen LogP contribution in [0.15, 0.2) is 42.1 Å². The zero-order chi connectivity index (χ0) is 30.5. The van der Waals surface area contributed by atoms with Crippen molar-refractivity contribution in [2.24, 2.45) is 40.4 Å². The predicted molar refractivity (Wildman–Crippen MR) is 169 cm³/mol. The fourth-order valence-electron chi connectivity index (χ4n) is 10.8. The SMILES string of the molecule is CN1C[C@H](C(=O)O)C=C2c3cccc4[nH]cc(c34)C[C@H]21.C[C@@H]1CC2=CC(=O)CC[C@]2(C)[C@H]2CC[C@@]3(C)[C@@H](CC[C@]3(C)O)[C@H]12. The van der Waals surface area contributed by atoms with E-state index < -0.39 is 17.5 Å². The van der Waals surface area contributed by atoms with Crippen LogP contribution in [0.3, 0.4) is 0 Å². The maximum absolute atomic E-state index is 11.9. The van der Waals surface area contributed by atoms with Crippen LogP contribution in [-0.4, -0.2) is 57.1 Å². The van der Waals surface area contributed by atoms with Crippen molar-refractivity contribution in [3.63, 3.8) is 0 Å². The number of carboxylic acid groups (broad SMARTS) is 1. The Bertz CT molecular complexity index is 1550. The van der Waals surface area contributed by atoms with E-state index in [4.69, 9.17) is 0 Å². The van der Waals surface area contributed by atoms with Gasteiger partial charge in [-0.1, -0.05) is 44.6 Å². The number of nitrogens with zero attached hydrogens (tertiary/aromatic N) is 1. The van der Waals surface area contributed by atoms with E-state index >= 15 is 0 Å². The van der Waals surface area contributed by atoms with Crippen LogP contribution >= 0.6 is 0 Å². The molecule has 3 fully saturated rings. The molecular formula is C37H48N2O4. The first-order valence-electron chi connectivity index (χ1n) is 16.5. The third-order valence-corrected chi connectivity index (χ3v) is 13.5. The molecule has 6 nitrogen and oxygen atoms in total. The molecule has 43 heavy (non-hydrogen) atoms. The molecule has 6 aliphatic rings. The standard InChI is InChI=1S/C21H32O2.C16H16N2O2/c1-13-11-14-12-15(22)5-8-19(14,2)16-6-9-20(3)17(18(13)16)7-10-21(20,4)23;1-18-8-10(16(19)20)5-12-11-3-2-4-13-15(11)9(7-17-13)6-14(12)18/h12-13,16-18,23H,5-11H2,1-4H3;2-5,7,10,14,17H,6,8H2,1H3,(H,19,20)/t13-,16+,17+,18-,19+,20+,21+;10-,14-/m11/s1. The average molecular weight is 585 g/mol. The van der Waals surface area contributed by atoms with Gasteiger partial charge in [-0.2, -0.15) is 0 Å². The Morgan fingerprint density at radius 3 is 2.60 bits per heavy atom. The highest BCUT2D eigenvalue weighted by Gasteiger charge is 2.63. The van der Waals surface area contributed by atoms with Gasteiger partial charge in [0, 0.05) is 36.1 Å². The number of hydrogen-bond donors (Lipinski definition) is 3. The van der Waals surface area contributed by atoms with E-state index in [-0.39, 0.29) is 10.8 Å². The van der Waals surface area contributed by atoms with Crippen LogP contribution in [0.25, 0.3) is 16.5 Å². The number of likely N-dealkylation sites (N-methyl/N-ethyl adjacent to an activating group) is 1. The first-order valence-corrected chi connectivity index (χ1v) is 16.5. The first-order chi connectivity index (χ1) is 20.3. The van der Waals surface area contributed by atoms with E-state index in [0.717, 1.165) is 50.0 Å². The van der Waals surface area contributed by atoms with Crippen LogP contribution in [0.2, 0.25) is 0 Å². The van der Waals surface area contributed by atoms with Crippen molar-refractivity contribution >= 4 is 28.2 Å². The molecule has 8 rings (SSSR count). The number of carbonyl (C=O) groups excluding carboxylic acids is 1. The second-order valence-electron chi connectivity index (χ2n) is 15.6. The number of aliphatic carboxylic acids is 1. The number of benzene rings is 1. The number of H-pyrrole nitrogens is 1. The van der Waals surface area contributed by atoms with Crippen LogP contribution in [-0.2, 0) is 16.0 Å². The lowest BCUT2D eigenvalue weighted by molar-refractivity contribution is -0.140. The van der Waals surface area contributed by atoms with Crippen molar-refractivity contribution in [3.8, 4) is 0 Å². The normalized spacial score (nSPS) is 41.6. The van der Waals surface area contributed by atoms with Gasteiger partial charge in [0.2, 0.25) is 0 Å². The van der Waals surface area contributed by atoms with Crippen LogP contribution in [0.4, 0.5) is 0 Å². The van der Waals surface area contributed by atoms with Gasteiger partial charge >= 0.3 is 5.97 Å². The molecule has 0 saturated heterocycles. The number of hydrogen-bond acceptors (Lipinski definition) is 4. The van der Waals surface area contributed by atoms with Gasteiger partial charge < -0.3 is 15.2 Å². The summed E-state index contributed by atoms with van der Waals surface area (Å²) < 4.78 is 0. The quantitative estimate of drug-likeness (QED) is 0.350. The average Bonchev–Trinajstić information content (AvgIpc) is 3.48. The molecule has 2 heterocycles. The van der Waals surface area contributed by atoms with E-state index in [2.05, 4.69) is 55.9 Å². The molecule has 6 heteroatoms. The van der Waals surface area contributed by atoms with E-state index in [1.165, 1.54) is 40.5 Å². The summed E-state index contributed by atoms with van der Waals surface area (Å²) in [4.78, 5) is 28.8. The Morgan fingerprint density at radius 2 is 1.84 bits per heavy atom. The first kappa shape index (κ1) is 29.0. The maximum atomic E-state index is 11.9. The Balaban J connectivity index is 0.000000141. The van der Waals surface area contributed by atoms with Crippen molar-refractivity contribution in [2.45, 2.75) is 90.7 Å². The van der Waals surface area contributed by atoms with Gasteiger partial charge in [-0.3, -0.25) is 14.5 Å². The second-order valence-corrected chi connectivity index (χ2v) is 15.6. The number of ketones is 1. The van der Waals surface area contributed by atoms with Crippen LogP contribution in [0.1, 0.15) is 83.8 Å². The molecule has 9 atom stereocenters. The van der Waals surface area contributed by atoms with Gasteiger partial charge in [0.1, 0.15) is 0 Å². The molecular weight excluding hydrogens is 536 g/mol. The summed E-state index contributed by atoms with van der Waals surface area (Å²) >= 11 is 0. The van der Waals surface area contributed by atoms with Gasteiger partial charge in [-0.05, 0) is 122 Å². The van der Waals surface area contributed by atoms with Crippen LogP contribution in [0, 0.1) is 40.4 Å². The monoisotopic (exact) mass is 584 g/mol. The molecule has 3 N–H and O–H groups in total. The fraction of sp³-hybridized carbons (Fsp3) is 0.622. The Labute approximate surface area is 255 Å². The highest BCUT2D eigenvalue weighted by Crippen LogP contribution is 2.68. The number of nitrogens with one attached hydrogen (secondary N) is 1. The molecule has 2 aromatic rings. The number of aromatic amines is 1. The molecule has 3 saturated carbocycles. The maximum Gasteiger partial charge on any atom is 0.311 e. The van der Waals surface area contributed by atoms with Gasteiger partial charge in [0.05, 0.1) is 11.5 Å². The highest BCUT2D eigenvalue weighted by atomic mass is 16.4. The van der Waals surface area contributed by atoms with Crippen LogP contribution < -0.4 is 0 Å². The van der Waals surface area contributed by atoms with E-state index in [0.29, 0.717) is 36.1 Å². The summed E-state index contributed by atoms with van der Waals surface area (Å²) in [7, 11) is 2.02. The van der Waals surface area contributed by atoms with Gasteiger partial charge in [-0.25, -0.2) is 0 Å². The molecule has 1 aromatic heterocycles. The number of carbonyl (C=O) groups is 2. The molecule has 230 valence electrons. The van der Waals surface area contributed by atoms with Crippen molar-refractivity contribution in [1.29, 1.82) is 0 Å². The number of carboxylic acids is 1. The minimum atomic E-state index is -0.741. The summed E-state index contributed by atoms with van der Waals surface area (Å²) in [5.74, 6) is 1.91. The summed E-state index contributed by atoms with van der Waals surface area (Å²) in [5, 5.41) is 21.6. The third kappa shape index (κ3) is 4.26. The molecule has 0 bridgehead atoms. The lowest BCUT2D eigenvalue weighted by atomic mass is 9.44. The van der Waals surface area contributed by atoms with Crippen molar-refractivity contribution < 1.29 is 19.8 Å². The number of aliphatic hydroxyl groups is 1. The molecule has 1 aliphatic heterocycles. The Kier molecular flexibility index (Phi) is 6.69. The predicted octanol–water partition coefficient (Wildman–Crippen LogP) is 6.64. The minimum Gasteiger partial charge on any atom is -0.481 e. The minimum absolute atomic E-state index is 0.0878. The number of rotatable bonds is 1. The molecule has 5 aliphatic carbocycles. The second kappa shape index (κ2) is 9.90. The third-order valence-electron chi connectivity index (χ3n) is 13.5. The summed E-state index contributed by atoms with van der Waals surface area (Å²) in [5.41, 5.74) is 6.09. The van der Waals surface area contributed by atoms with Gasteiger partial charge in [0.25, 0.3) is 0 Å². The topological polar surface area (TPSA) is 93.6 Å². The smallest absolute Gasteiger partial charge is 0.311 e. The fourth-order valence-corrected chi connectivity index (χ4v) is 10.8. The van der Waals surface area contributed by atoms with Crippen LogP contribution in [0.5, 0.6) is 0 Å². The van der Waals surface area contributed by atoms with Crippen molar-refractivity contribution in [1.82, 2.24) is 9.88 Å². The zero-order valence-electron chi connectivity index (χ0n) is 26.5. The van der Waals surface area contributed by atoms with E-state index in [9.17, 15) is 19.8 Å². The van der Waals surface area contributed by atoms with Gasteiger partial charge in [-0.15, -0.1) is 0 Å². The van der Waals surface area contributed by atoms with E-state index in [1.807, 2.05) is 25.3 Å². The molecule has 1 aromatic carbocycles. The number of fused-ring (bicyclic) bond motifs is 7. The van der Waals surface area contributed by atoms with Crippen molar-refractivity contribution in [2.75, 3.05) is 13.6 Å². The van der Waals surface area contributed by atoms with Crippen molar-refractivity contribution in [3.05, 3.63) is 53.2 Å². The summed E-state index contributed by atoms with van der Waals surface area (Å²) in [6.07, 6.45) is 14.4. The number of aromatic nitrogens is 1. The zero-order valence-corrected chi connectivity index (χ0v) is 26.5. The molecule has 0 radical (unpaired) electrons. The van der Waals surface area contributed by atoms with E-state index in [1.54, 1.807) is 0 Å². The van der Waals surface area contributed by atoms with Gasteiger partial charge in [0.15, 0.2) is 5.78 Å². The molecule has 0 spiro atoms. The summed E-state index contributed by atoms with van der Waals surface area (Å²) in [6.45, 7) is 9.85. The Hall–Kier alpha value is -2.70. The molecule has 0 amide bonds. The summed E-state index contributed by atoms with van der Waals surface area (Å²) in [6, 6.07) is 6.51. The largest absolute Gasteiger partial charge is 0.481 e. The number of allylic oxidation sites excluding steroid dienone is 1. The lowest BCUT2D eigenvalue weighted by Gasteiger charge is -2.60. The Morgan fingerprint density at radius 1 is 1.07 bits per heavy atom.